The molecule has 164 valence electrons. The van der Waals surface area contributed by atoms with E-state index in [-0.39, 0.29) is 5.78 Å². The molecule has 9 nitrogen and oxygen atoms in total. The van der Waals surface area contributed by atoms with E-state index in [1.807, 2.05) is 0 Å². The minimum atomic E-state index is -1.95. The van der Waals surface area contributed by atoms with Crippen LogP contribution >= 0.6 is 0 Å². The van der Waals surface area contributed by atoms with Crippen LogP contribution < -0.4 is 0 Å². The Morgan fingerprint density at radius 1 is 0.935 bits per heavy atom. The maximum atomic E-state index is 12.7. The van der Waals surface area contributed by atoms with Gasteiger partial charge in [-0.25, -0.2) is 4.79 Å². The molecule has 6 atom stereocenters. The molecule has 3 rings (SSSR count). The number of carboxylic acid groups (broad SMARTS) is 1. The van der Waals surface area contributed by atoms with E-state index in [2.05, 4.69) is 4.74 Å². The fourth-order valence-electron chi connectivity index (χ4n) is 3.27. The molecule has 4 N–H and O–H groups in total. The van der Waals surface area contributed by atoms with E-state index >= 15 is 0 Å². The van der Waals surface area contributed by atoms with Crippen LogP contribution in [0.1, 0.15) is 34.3 Å². The summed E-state index contributed by atoms with van der Waals surface area (Å²) in [5, 5.41) is 38.9. The number of hydrogen-bond acceptors (Lipinski definition) is 8. The average Bonchev–Trinajstić information content (AvgIpc) is 2.78. The molecule has 2 aromatic rings. The van der Waals surface area contributed by atoms with Gasteiger partial charge in [-0.1, -0.05) is 48.5 Å². The predicted octanol–water partition coefficient (Wildman–Crippen LogP) is 0.456. The molecule has 0 amide bonds. The number of carbonyl (C=O) groups is 3. The number of aliphatic carboxylic acids is 1. The van der Waals surface area contributed by atoms with E-state index in [9.17, 15) is 29.7 Å². The minimum absolute atomic E-state index is 0.231. The first kappa shape index (κ1) is 22.6. The Balaban J connectivity index is 1.77. The molecule has 2 aromatic carbocycles. The number of ether oxygens (including phenoxy) is 2. The van der Waals surface area contributed by atoms with Gasteiger partial charge in [-0.15, -0.1) is 0 Å². The minimum Gasteiger partial charge on any atom is -0.479 e. The number of hydrogen-bond donors (Lipinski definition) is 4. The summed E-state index contributed by atoms with van der Waals surface area (Å²) in [6, 6.07) is 15.0. The third-order valence-electron chi connectivity index (χ3n) is 5.10. The summed E-state index contributed by atoms with van der Waals surface area (Å²) < 4.78 is 9.78. The molecule has 9 heteroatoms. The topological polar surface area (TPSA) is 151 Å². The summed E-state index contributed by atoms with van der Waals surface area (Å²) >= 11 is 0. The first-order valence-electron chi connectivity index (χ1n) is 9.53. The van der Waals surface area contributed by atoms with Gasteiger partial charge in [0.15, 0.2) is 24.3 Å². The van der Waals surface area contributed by atoms with Crippen LogP contribution in [0.3, 0.4) is 0 Å². The zero-order valence-electron chi connectivity index (χ0n) is 16.5. The summed E-state index contributed by atoms with van der Waals surface area (Å²) in [6.07, 6.45) is -9.28. The molecule has 0 radical (unpaired) electrons. The lowest BCUT2D eigenvalue weighted by Gasteiger charge is -2.38. The van der Waals surface area contributed by atoms with Gasteiger partial charge >= 0.3 is 11.9 Å². The van der Waals surface area contributed by atoms with E-state index in [1.54, 1.807) is 48.5 Å². The number of esters is 1. The quantitative estimate of drug-likeness (QED) is 0.378. The van der Waals surface area contributed by atoms with Crippen molar-refractivity contribution >= 4 is 17.7 Å². The molecule has 31 heavy (non-hydrogen) atoms. The van der Waals surface area contributed by atoms with Crippen molar-refractivity contribution in [2.45, 2.75) is 43.5 Å². The van der Waals surface area contributed by atoms with Crippen LogP contribution in [0.25, 0.3) is 0 Å². The van der Waals surface area contributed by atoms with E-state index in [1.165, 1.54) is 13.0 Å². The summed E-state index contributed by atoms with van der Waals surface area (Å²) in [4.78, 5) is 36.5. The number of aliphatic hydroxyl groups excluding tert-OH is 3. The van der Waals surface area contributed by atoms with Gasteiger partial charge < -0.3 is 29.9 Å². The number of rotatable bonds is 6. The highest BCUT2D eigenvalue weighted by molar-refractivity contribution is 6.09. The highest BCUT2D eigenvalue weighted by Gasteiger charge is 2.49. The highest BCUT2D eigenvalue weighted by Crippen LogP contribution is 2.26. The van der Waals surface area contributed by atoms with Crippen molar-refractivity contribution in [3.8, 4) is 0 Å². The molecule has 0 aromatic heterocycles. The fraction of sp³-hybridized carbons (Fsp3) is 0.318. The van der Waals surface area contributed by atoms with Gasteiger partial charge in [0.2, 0.25) is 0 Å². The number of carboxylic acids is 1. The molecule has 1 fully saturated rings. The lowest BCUT2D eigenvalue weighted by molar-refractivity contribution is -0.283. The molecule has 1 saturated heterocycles. The average molecular weight is 430 g/mol. The van der Waals surface area contributed by atoms with Crippen molar-refractivity contribution in [3.05, 3.63) is 71.3 Å². The lowest BCUT2D eigenvalue weighted by atomic mass is 9.95. The molecule has 0 spiro atoms. The maximum absolute atomic E-state index is 12.7. The van der Waals surface area contributed by atoms with Crippen molar-refractivity contribution < 1.29 is 44.3 Å². The Hall–Kier alpha value is -3.11. The lowest BCUT2D eigenvalue weighted by Crippen LogP contribution is -2.61. The van der Waals surface area contributed by atoms with Crippen molar-refractivity contribution in [1.29, 1.82) is 0 Å². The molecule has 1 heterocycles. The summed E-state index contributed by atoms with van der Waals surface area (Å²) in [6.45, 7) is 1.50. The van der Waals surface area contributed by atoms with Crippen molar-refractivity contribution in [2.75, 3.05) is 0 Å². The SMILES string of the molecule is C[C@@H](C(=O)O[C@@H]1[C@@H](O)[C@H](O)O[C@H](C(=O)O)[C@H]1O)c1cccc(C(=O)c2ccccc2)c1. The van der Waals surface area contributed by atoms with Crippen LogP contribution in [0.2, 0.25) is 0 Å². The molecule has 0 saturated carbocycles. The van der Waals surface area contributed by atoms with E-state index in [0.717, 1.165) is 0 Å². The smallest absolute Gasteiger partial charge is 0.335 e. The zero-order valence-corrected chi connectivity index (χ0v) is 16.5. The molecular weight excluding hydrogens is 408 g/mol. The van der Waals surface area contributed by atoms with E-state index in [0.29, 0.717) is 16.7 Å². The number of benzene rings is 2. The molecule has 0 aliphatic carbocycles. The van der Waals surface area contributed by atoms with Gasteiger partial charge in [0.05, 0.1) is 5.92 Å². The van der Waals surface area contributed by atoms with Crippen LogP contribution in [0, 0.1) is 0 Å². The zero-order chi connectivity index (χ0) is 22.7. The summed E-state index contributed by atoms with van der Waals surface area (Å²) in [7, 11) is 0. The van der Waals surface area contributed by atoms with Gasteiger partial charge in [0.25, 0.3) is 0 Å². The Morgan fingerprint density at radius 3 is 2.23 bits per heavy atom. The second kappa shape index (κ2) is 9.36. The normalized spacial score (nSPS) is 26.6. The largest absolute Gasteiger partial charge is 0.479 e. The van der Waals surface area contributed by atoms with Gasteiger partial charge in [-0.3, -0.25) is 9.59 Å². The third-order valence-corrected chi connectivity index (χ3v) is 5.10. The van der Waals surface area contributed by atoms with Crippen molar-refractivity contribution in [3.63, 3.8) is 0 Å². The van der Waals surface area contributed by atoms with Crippen LogP contribution in [-0.2, 0) is 19.1 Å². The second-order valence-corrected chi connectivity index (χ2v) is 7.21. The molecule has 1 aliphatic heterocycles. The molecular formula is C22H22O9. The van der Waals surface area contributed by atoms with Crippen molar-refractivity contribution in [1.82, 2.24) is 0 Å². The third kappa shape index (κ3) is 4.80. The number of ketones is 1. The standard InChI is InChI=1S/C22H22O9/c1-11(13-8-5-9-14(10-13)15(23)12-6-3-2-4-7-12)21(28)30-18-16(24)19(20(26)27)31-22(29)17(18)25/h2-11,16-19,22,24-25,29H,1H3,(H,26,27)/t11-,16+,17-,18+,19+,22-/m1/s1. The molecule has 0 unspecified atom stereocenters. The van der Waals surface area contributed by atoms with Crippen LogP contribution in [0.15, 0.2) is 54.6 Å². The van der Waals surface area contributed by atoms with E-state index in [4.69, 9.17) is 9.84 Å². The highest BCUT2D eigenvalue weighted by atomic mass is 16.7. The molecule has 0 bridgehead atoms. The van der Waals surface area contributed by atoms with Crippen LogP contribution in [-0.4, -0.2) is 68.9 Å². The summed E-state index contributed by atoms with van der Waals surface area (Å²) in [5.74, 6) is -3.61. The van der Waals surface area contributed by atoms with E-state index < -0.39 is 48.6 Å². The Kier molecular flexibility index (Phi) is 6.81. The van der Waals surface area contributed by atoms with Crippen LogP contribution in [0.4, 0.5) is 0 Å². The second-order valence-electron chi connectivity index (χ2n) is 7.21. The first-order chi connectivity index (χ1) is 14.7. The fourth-order valence-corrected chi connectivity index (χ4v) is 3.27. The van der Waals surface area contributed by atoms with Gasteiger partial charge in [-0.05, 0) is 18.6 Å². The Bertz CT molecular complexity index is 958. The van der Waals surface area contributed by atoms with Crippen LogP contribution in [0.5, 0.6) is 0 Å². The van der Waals surface area contributed by atoms with Gasteiger partial charge in [-0.2, -0.15) is 0 Å². The maximum Gasteiger partial charge on any atom is 0.335 e. The van der Waals surface area contributed by atoms with Gasteiger partial charge in [0.1, 0.15) is 12.2 Å². The Labute approximate surface area is 177 Å². The molecule has 1 aliphatic rings. The predicted molar refractivity (Wildman–Crippen MR) is 105 cm³/mol. The summed E-state index contributed by atoms with van der Waals surface area (Å²) in [5.41, 5.74) is 1.28. The van der Waals surface area contributed by atoms with Gasteiger partial charge in [0, 0.05) is 11.1 Å². The number of carbonyl (C=O) groups excluding carboxylic acids is 2. The monoisotopic (exact) mass is 430 g/mol. The first-order valence-corrected chi connectivity index (χ1v) is 9.53. The Morgan fingerprint density at radius 2 is 1.58 bits per heavy atom. The van der Waals surface area contributed by atoms with Crippen molar-refractivity contribution in [2.24, 2.45) is 0 Å². The number of aliphatic hydroxyl groups is 3.